The molecular formula is C24H30N6O4. The lowest BCUT2D eigenvalue weighted by Crippen LogP contribution is -2.51. The maximum atomic E-state index is 13.2. The highest BCUT2D eigenvalue weighted by Crippen LogP contribution is 2.28. The predicted molar refractivity (Wildman–Crippen MR) is 127 cm³/mol. The number of aromatic nitrogens is 2. The molecule has 34 heavy (non-hydrogen) atoms. The molecule has 10 nitrogen and oxygen atoms in total. The Kier molecular flexibility index (Phi) is 6.48. The van der Waals surface area contributed by atoms with E-state index in [0.29, 0.717) is 45.9 Å². The number of piperazine rings is 1. The summed E-state index contributed by atoms with van der Waals surface area (Å²) in [7, 11) is 1.61. The molecule has 1 unspecified atom stereocenters. The van der Waals surface area contributed by atoms with Crippen molar-refractivity contribution < 1.29 is 19.1 Å². The van der Waals surface area contributed by atoms with E-state index in [2.05, 4.69) is 14.8 Å². The molecule has 0 aliphatic carbocycles. The molecule has 0 saturated carbocycles. The zero-order valence-corrected chi connectivity index (χ0v) is 19.4. The van der Waals surface area contributed by atoms with E-state index in [1.54, 1.807) is 18.2 Å². The van der Waals surface area contributed by atoms with Gasteiger partial charge in [-0.05, 0) is 30.3 Å². The van der Waals surface area contributed by atoms with Gasteiger partial charge in [-0.1, -0.05) is 0 Å². The van der Waals surface area contributed by atoms with Crippen LogP contribution >= 0.6 is 0 Å². The minimum absolute atomic E-state index is 0.0150. The van der Waals surface area contributed by atoms with Gasteiger partial charge in [0, 0.05) is 64.1 Å². The van der Waals surface area contributed by atoms with Crippen molar-refractivity contribution in [2.45, 2.75) is 6.42 Å². The van der Waals surface area contributed by atoms with Crippen LogP contribution in [-0.2, 0) is 14.3 Å². The number of hydrogen-bond acceptors (Lipinski definition) is 8. The average molecular weight is 467 g/mol. The molecule has 0 radical (unpaired) electrons. The molecule has 4 heterocycles. The first kappa shape index (κ1) is 22.4. The third-order valence-electron chi connectivity index (χ3n) is 6.70. The first-order valence-electron chi connectivity index (χ1n) is 11.8. The average Bonchev–Trinajstić information content (AvgIpc) is 3.30. The van der Waals surface area contributed by atoms with Gasteiger partial charge >= 0.3 is 0 Å². The molecule has 0 N–H and O–H groups in total. The molecule has 180 valence electrons. The number of morpholine rings is 1. The molecule has 1 atom stereocenters. The van der Waals surface area contributed by atoms with Crippen LogP contribution in [0.15, 0.2) is 36.5 Å². The van der Waals surface area contributed by atoms with Crippen molar-refractivity contribution in [1.29, 1.82) is 0 Å². The highest BCUT2D eigenvalue weighted by atomic mass is 16.5. The molecule has 1 aromatic carbocycles. The lowest BCUT2D eigenvalue weighted by atomic mass is 10.1. The zero-order chi connectivity index (χ0) is 23.5. The SMILES string of the molecule is COc1ccc(N2CC(C(=O)N3CCN(c4ccnc(N5CCOCC5)n4)CC3)CC2=O)cc1. The minimum Gasteiger partial charge on any atom is -0.497 e. The maximum Gasteiger partial charge on any atom is 0.228 e. The van der Waals surface area contributed by atoms with Gasteiger partial charge in [0.15, 0.2) is 0 Å². The molecule has 10 heteroatoms. The monoisotopic (exact) mass is 466 g/mol. The van der Waals surface area contributed by atoms with Gasteiger partial charge in [0.2, 0.25) is 17.8 Å². The Balaban J connectivity index is 1.17. The third-order valence-corrected chi connectivity index (χ3v) is 6.70. The Hall–Kier alpha value is -3.40. The fourth-order valence-electron chi connectivity index (χ4n) is 4.73. The van der Waals surface area contributed by atoms with Crippen molar-refractivity contribution in [3.8, 4) is 5.75 Å². The largest absolute Gasteiger partial charge is 0.497 e. The van der Waals surface area contributed by atoms with E-state index >= 15 is 0 Å². The predicted octanol–water partition coefficient (Wildman–Crippen LogP) is 1.02. The lowest BCUT2D eigenvalue weighted by molar-refractivity contribution is -0.136. The number of benzene rings is 1. The summed E-state index contributed by atoms with van der Waals surface area (Å²) in [6.45, 7) is 6.01. The van der Waals surface area contributed by atoms with E-state index in [-0.39, 0.29) is 24.2 Å². The minimum atomic E-state index is -0.312. The van der Waals surface area contributed by atoms with Crippen LogP contribution in [0.2, 0.25) is 0 Å². The van der Waals surface area contributed by atoms with Crippen molar-refractivity contribution >= 4 is 29.3 Å². The van der Waals surface area contributed by atoms with Crippen LogP contribution in [0.4, 0.5) is 17.5 Å². The van der Waals surface area contributed by atoms with Gasteiger partial charge < -0.3 is 29.1 Å². The van der Waals surface area contributed by atoms with Gasteiger partial charge in [-0.15, -0.1) is 0 Å². The van der Waals surface area contributed by atoms with Crippen LogP contribution in [0.1, 0.15) is 6.42 Å². The number of anilines is 3. The van der Waals surface area contributed by atoms with Crippen molar-refractivity contribution in [2.75, 3.05) is 80.8 Å². The summed E-state index contributed by atoms with van der Waals surface area (Å²) in [6, 6.07) is 9.29. The van der Waals surface area contributed by atoms with E-state index < -0.39 is 0 Å². The molecule has 3 fully saturated rings. The quantitative estimate of drug-likeness (QED) is 0.645. The molecule has 0 spiro atoms. The fourth-order valence-corrected chi connectivity index (χ4v) is 4.73. The summed E-state index contributed by atoms with van der Waals surface area (Å²) in [5.41, 5.74) is 0.797. The van der Waals surface area contributed by atoms with Crippen LogP contribution < -0.4 is 19.4 Å². The zero-order valence-electron chi connectivity index (χ0n) is 19.4. The Labute approximate surface area is 199 Å². The number of carbonyl (C=O) groups excluding carboxylic acids is 2. The van der Waals surface area contributed by atoms with Crippen molar-refractivity contribution in [2.24, 2.45) is 5.92 Å². The van der Waals surface area contributed by atoms with Crippen molar-refractivity contribution in [1.82, 2.24) is 14.9 Å². The second kappa shape index (κ2) is 9.84. The molecular weight excluding hydrogens is 436 g/mol. The van der Waals surface area contributed by atoms with E-state index in [1.807, 2.05) is 35.2 Å². The second-order valence-corrected chi connectivity index (χ2v) is 8.73. The highest BCUT2D eigenvalue weighted by Gasteiger charge is 2.38. The Morgan fingerprint density at radius 2 is 1.74 bits per heavy atom. The molecule has 2 aromatic rings. The molecule has 2 amide bonds. The van der Waals surface area contributed by atoms with Crippen molar-refractivity contribution in [3.63, 3.8) is 0 Å². The Bertz CT molecular complexity index is 1020. The number of amides is 2. The van der Waals surface area contributed by atoms with E-state index in [4.69, 9.17) is 14.5 Å². The number of methoxy groups -OCH3 is 1. The Morgan fingerprint density at radius 3 is 2.44 bits per heavy atom. The number of hydrogen-bond donors (Lipinski definition) is 0. The molecule has 1 aromatic heterocycles. The van der Waals surface area contributed by atoms with Crippen LogP contribution in [0.25, 0.3) is 0 Å². The molecule has 3 aliphatic rings. The summed E-state index contributed by atoms with van der Waals surface area (Å²) in [6.07, 6.45) is 2.04. The highest BCUT2D eigenvalue weighted by molar-refractivity contribution is 6.00. The van der Waals surface area contributed by atoms with Gasteiger partial charge in [0.05, 0.1) is 26.2 Å². The second-order valence-electron chi connectivity index (χ2n) is 8.73. The van der Waals surface area contributed by atoms with Gasteiger partial charge in [0.1, 0.15) is 11.6 Å². The summed E-state index contributed by atoms with van der Waals surface area (Å²) in [4.78, 5) is 42.9. The van der Waals surface area contributed by atoms with Crippen molar-refractivity contribution in [3.05, 3.63) is 36.5 Å². The van der Waals surface area contributed by atoms with Gasteiger partial charge in [0.25, 0.3) is 0 Å². The topological polar surface area (TPSA) is 91.3 Å². The summed E-state index contributed by atoms with van der Waals surface area (Å²) >= 11 is 0. The first-order chi connectivity index (χ1) is 16.6. The van der Waals surface area contributed by atoms with Crippen LogP contribution in [-0.4, -0.2) is 92.8 Å². The Morgan fingerprint density at radius 1 is 1.00 bits per heavy atom. The lowest BCUT2D eigenvalue weighted by Gasteiger charge is -2.36. The van der Waals surface area contributed by atoms with E-state index in [0.717, 1.165) is 36.3 Å². The van der Waals surface area contributed by atoms with E-state index in [1.165, 1.54) is 0 Å². The number of rotatable bonds is 5. The number of ether oxygens (including phenoxy) is 2. The van der Waals surface area contributed by atoms with Crippen LogP contribution in [0, 0.1) is 5.92 Å². The normalized spacial score (nSPS) is 21.2. The smallest absolute Gasteiger partial charge is 0.228 e. The molecule has 5 rings (SSSR count). The van der Waals surface area contributed by atoms with Crippen LogP contribution in [0.5, 0.6) is 5.75 Å². The van der Waals surface area contributed by atoms with Gasteiger partial charge in [-0.2, -0.15) is 4.98 Å². The molecule has 3 aliphatic heterocycles. The maximum absolute atomic E-state index is 13.2. The van der Waals surface area contributed by atoms with Crippen LogP contribution in [0.3, 0.4) is 0 Å². The van der Waals surface area contributed by atoms with Gasteiger partial charge in [-0.25, -0.2) is 4.98 Å². The third kappa shape index (κ3) is 4.63. The number of nitrogens with zero attached hydrogens (tertiary/aromatic N) is 6. The molecule has 3 saturated heterocycles. The summed E-state index contributed by atoms with van der Waals surface area (Å²) in [5.74, 6) is 2.07. The first-order valence-corrected chi connectivity index (χ1v) is 11.8. The summed E-state index contributed by atoms with van der Waals surface area (Å²) in [5, 5.41) is 0. The summed E-state index contributed by atoms with van der Waals surface area (Å²) < 4.78 is 10.6. The fraction of sp³-hybridized carbons (Fsp3) is 0.500. The standard InChI is InChI=1S/C24H30N6O4/c1-33-20-4-2-19(3-5-20)30-17-18(16-22(30)31)23(32)28-10-8-27(9-11-28)21-6-7-25-24(26-21)29-12-14-34-15-13-29/h2-7,18H,8-17H2,1H3. The van der Waals surface area contributed by atoms with Gasteiger partial charge in [-0.3, -0.25) is 9.59 Å². The van der Waals surface area contributed by atoms with E-state index in [9.17, 15) is 9.59 Å². The number of carbonyl (C=O) groups is 2. The molecule has 0 bridgehead atoms.